The summed E-state index contributed by atoms with van der Waals surface area (Å²) in [4.78, 5) is 11.9. The van der Waals surface area contributed by atoms with Crippen molar-refractivity contribution in [3.8, 4) is 0 Å². The fraction of sp³-hybridized carbons (Fsp3) is 0.960. The van der Waals surface area contributed by atoms with Crippen molar-refractivity contribution in [3.63, 3.8) is 0 Å². The fourth-order valence-corrected chi connectivity index (χ4v) is 3.89. The molecule has 0 radical (unpaired) electrons. The lowest BCUT2D eigenvalue weighted by atomic mass is 9.84. The summed E-state index contributed by atoms with van der Waals surface area (Å²) in [5.74, 6) is 1.26. The Kier molecular flexibility index (Phi) is 16.1. The smallest absolute Gasteiger partial charge is 0.306 e. The van der Waals surface area contributed by atoms with Crippen molar-refractivity contribution in [1.29, 1.82) is 0 Å². The Morgan fingerprint density at radius 3 is 1.63 bits per heavy atom. The van der Waals surface area contributed by atoms with E-state index in [2.05, 4.69) is 41.5 Å². The van der Waals surface area contributed by atoms with Gasteiger partial charge in [-0.1, -0.05) is 112 Å². The highest BCUT2D eigenvalue weighted by molar-refractivity contribution is 5.69. The fourth-order valence-electron chi connectivity index (χ4n) is 3.89. The van der Waals surface area contributed by atoms with E-state index in [4.69, 9.17) is 4.74 Å². The van der Waals surface area contributed by atoms with E-state index in [1.165, 1.54) is 70.6 Å². The van der Waals surface area contributed by atoms with Crippen LogP contribution < -0.4 is 0 Å². The van der Waals surface area contributed by atoms with Gasteiger partial charge in [-0.3, -0.25) is 4.79 Å². The summed E-state index contributed by atoms with van der Waals surface area (Å²) in [7, 11) is 0. The molecule has 0 amide bonds. The van der Waals surface area contributed by atoms with Gasteiger partial charge >= 0.3 is 5.97 Å². The first kappa shape index (κ1) is 26.5. The number of hydrogen-bond acceptors (Lipinski definition) is 2. The van der Waals surface area contributed by atoms with Gasteiger partial charge in [-0.25, -0.2) is 0 Å². The van der Waals surface area contributed by atoms with Gasteiger partial charge in [0.2, 0.25) is 0 Å². The molecule has 0 fully saturated rings. The Balaban J connectivity index is 3.30. The van der Waals surface area contributed by atoms with Crippen molar-refractivity contribution in [2.45, 2.75) is 131 Å². The first-order valence-corrected chi connectivity index (χ1v) is 11.9. The number of esters is 1. The molecule has 0 aliphatic heterocycles. The zero-order valence-electron chi connectivity index (χ0n) is 19.6. The first-order valence-electron chi connectivity index (χ1n) is 11.9. The third-order valence-electron chi connectivity index (χ3n) is 5.16. The molecule has 162 valence electrons. The van der Waals surface area contributed by atoms with E-state index in [-0.39, 0.29) is 11.4 Å². The van der Waals surface area contributed by atoms with Gasteiger partial charge in [0.15, 0.2) is 0 Å². The monoisotopic (exact) mass is 382 g/mol. The highest BCUT2D eigenvalue weighted by atomic mass is 16.5. The molecule has 27 heavy (non-hydrogen) atoms. The lowest BCUT2D eigenvalue weighted by Crippen LogP contribution is -2.16. The molecule has 0 heterocycles. The summed E-state index contributed by atoms with van der Waals surface area (Å²) in [6.45, 7) is 14.1. The lowest BCUT2D eigenvalue weighted by Gasteiger charge is -2.22. The van der Waals surface area contributed by atoms with E-state index in [9.17, 15) is 4.79 Å². The average molecular weight is 383 g/mol. The van der Waals surface area contributed by atoms with Gasteiger partial charge < -0.3 is 4.74 Å². The Bertz CT molecular complexity index is 341. The average Bonchev–Trinajstić information content (AvgIpc) is 2.52. The third-order valence-corrected chi connectivity index (χ3v) is 5.16. The van der Waals surface area contributed by atoms with Crippen LogP contribution >= 0.6 is 0 Å². The van der Waals surface area contributed by atoms with E-state index < -0.39 is 0 Å². The summed E-state index contributed by atoms with van der Waals surface area (Å²) in [5.41, 5.74) is 0.285. The molecule has 0 aromatic heterocycles. The predicted octanol–water partition coefficient (Wildman–Crippen LogP) is 8.33. The van der Waals surface area contributed by atoms with Crippen LogP contribution in [0.1, 0.15) is 131 Å². The molecule has 0 aromatic rings. The van der Waals surface area contributed by atoms with Crippen molar-refractivity contribution >= 4 is 5.97 Å². The van der Waals surface area contributed by atoms with Crippen LogP contribution in [0.4, 0.5) is 0 Å². The van der Waals surface area contributed by atoms with E-state index >= 15 is 0 Å². The number of rotatable bonds is 17. The zero-order valence-corrected chi connectivity index (χ0v) is 19.6. The number of carbonyl (C=O) groups is 1. The van der Waals surface area contributed by atoms with Gasteiger partial charge in [-0.15, -0.1) is 0 Å². The van der Waals surface area contributed by atoms with E-state index in [0.717, 1.165) is 18.8 Å². The van der Waals surface area contributed by atoms with Crippen LogP contribution in [0.3, 0.4) is 0 Å². The van der Waals surface area contributed by atoms with Crippen molar-refractivity contribution < 1.29 is 9.53 Å². The molecule has 0 spiro atoms. The second kappa shape index (κ2) is 16.4. The van der Waals surface area contributed by atoms with Crippen molar-refractivity contribution in [1.82, 2.24) is 0 Å². The molecule has 1 atom stereocenters. The second-order valence-electron chi connectivity index (χ2n) is 10.4. The summed E-state index contributed by atoms with van der Waals surface area (Å²) in [6.07, 6.45) is 17.7. The maximum Gasteiger partial charge on any atom is 0.306 e. The predicted molar refractivity (Wildman–Crippen MR) is 119 cm³/mol. The molecule has 0 rings (SSSR count). The molecule has 0 saturated carbocycles. The van der Waals surface area contributed by atoms with Gasteiger partial charge in [0, 0.05) is 6.42 Å². The number of hydrogen-bond donors (Lipinski definition) is 0. The normalized spacial score (nSPS) is 13.1. The molecule has 0 bridgehead atoms. The van der Waals surface area contributed by atoms with Crippen LogP contribution in [0.2, 0.25) is 0 Å². The third kappa shape index (κ3) is 21.6. The molecule has 0 aliphatic rings. The zero-order chi connectivity index (χ0) is 20.5. The summed E-state index contributed by atoms with van der Waals surface area (Å²) >= 11 is 0. The van der Waals surface area contributed by atoms with Gasteiger partial charge in [-0.2, -0.15) is 0 Å². The highest BCUT2D eigenvalue weighted by Gasteiger charge is 2.18. The lowest BCUT2D eigenvalue weighted by molar-refractivity contribution is -0.144. The van der Waals surface area contributed by atoms with Crippen LogP contribution in [0.25, 0.3) is 0 Å². The molecule has 0 N–H and O–H groups in total. The van der Waals surface area contributed by atoms with Crippen LogP contribution in [0, 0.1) is 17.3 Å². The van der Waals surface area contributed by atoms with Crippen LogP contribution in [0.15, 0.2) is 0 Å². The van der Waals surface area contributed by atoms with Gasteiger partial charge in [0.25, 0.3) is 0 Å². The maximum absolute atomic E-state index is 11.9. The minimum Gasteiger partial charge on any atom is -0.466 e. The highest BCUT2D eigenvalue weighted by Crippen LogP contribution is 2.26. The van der Waals surface area contributed by atoms with Gasteiger partial charge in [0.05, 0.1) is 6.61 Å². The summed E-state index contributed by atoms with van der Waals surface area (Å²) < 4.78 is 5.39. The summed E-state index contributed by atoms with van der Waals surface area (Å²) in [5, 5.41) is 0. The van der Waals surface area contributed by atoms with E-state index in [1.54, 1.807) is 0 Å². The Morgan fingerprint density at radius 2 is 1.19 bits per heavy atom. The Hall–Kier alpha value is -0.530. The first-order chi connectivity index (χ1) is 12.7. The Labute approximate surface area is 171 Å². The number of ether oxygens (including phenoxy) is 1. The van der Waals surface area contributed by atoms with Crippen LogP contribution in [-0.2, 0) is 9.53 Å². The second-order valence-corrected chi connectivity index (χ2v) is 10.4. The number of unbranched alkanes of at least 4 members (excludes halogenated alkanes) is 10. The quantitative estimate of drug-likeness (QED) is 0.187. The standard InChI is InChI=1S/C25H50O2/c1-22(2)18-16-14-12-10-8-7-9-11-13-15-17-19-27-24(26)20-23(3)21-25(4,5)6/h22-23H,7-21H2,1-6H3. The van der Waals surface area contributed by atoms with Crippen LogP contribution in [-0.4, -0.2) is 12.6 Å². The molecule has 0 saturated heterocycles. The minimum absolute atomic E-state index is 0.0138. The number of carbonyl (C=O) groups excluding carboxylic acids is 1. The SMILES string of the molecule is CC(C)CCCCCCCCCCCCCOC(=O)CC(C)CC(C)(C)C. The van der Waals surface area contributed by atoms with Crippen molar-refractivity contribution in [2.75, 3.05) is 6.61 Å². The van der Waals surface area contributed by atoms with E-state index in [0.29, 0.717) is 18.9 Å². The van der Waals surface area contributed by atoms with Crippen molar-refractivity contribution in [3.05, 3.63) is 0 Å². The molecule has 2 heteroatoms. The summed E-state index contributed by atoms with van der Waals surface area (Å²) in [6, 6.07) is 0. The van der Waals surface area contributed by atoms with Gasteiger partial charge in [-0.05, 0) is 30.1 Å². The molecule has 0 aromatic carbocycles. The molecular weight excluding hydrogens is 332 g/mol. The topological polar surface area (TPSA) is 26.3 Å². The largest absolute Gasteiger partial charge is 0.466 e. The maximum atomic E-state index is 11.9. The minimum atomic E-state index is -0.0138. The molecule has 2 nitrogen and oxygen atoms in total. The molecule has 1 unspecified atom stereocenters. The molecule has 0 aliphatic carbocycles. The Morgan fingerprint density at radius 1 is 0.741 bits per heavy atom. The molecular formula is C25H50O2. The van der Waals surface area contributed by atoms with Gasteiger partial charge in [0.1, 0.15) is 0 Å². The van der Waals surface area contributed by atoms with E-state index in [1.807, 2.05) is 0 Å². The van der Waals surface area contributed by atoms with Crippen molar-refractivity contribution in [2.24, 2.45) is 17.3 Å². The van der Waals surface area contributed by atoms with Crippen LogP contribution in [0.5, 0.6) is 0 Å².